The van der Waals surface area contributed by atoms with E-state index in [4.69, 9.17) is 4.74 Å². The lowest BCUT2D eigenvalue weighted by molar-refractivity contribution is 0.414. The number of fused-ring (bicyclic) bond motifs is 1. The topological polar surface area (TPSA) is 64.9 Å². The Balaban J connectivity index is 1.78. The second-order valence-electron chi connectivity index (χ2n) is 5.24. The number of hydrogen-bond donors (Lipinski definition) is 1. The Morgan fingerprint density at radius 1 is 1.04 bits per heavy atom. The summed E-state index contributed by atoms with van der Waals surface area (Å²) in [6.45, 7) is 0. The maximum Gasteiger partial charge on any atom is 0.248 e. The molecule has 0 fully saturated rings. The fourth-order valence-corrected chi connectivity index (χ4v) is 2.68. The molecule has 3 aromatic rings. The van der Waals surface area contributed by atoms with E-state index in [0.717, 1.165) is 22.6 Å². The molecule has 23 heavy (non-hydrogen) atoms. The average Bonchev–Trinajstić information content (AvgIpc) is 3.10. The highest BCUT2D eigenvalue weighted by molar-refractivity contribution is 5.76. The number of methoxy groups -OCH3 is 1. The minimum absolute atomic E-state index is 0.0673. The first-order valence-corrected chi connectivity index (χ1v) is 7.31. The first-order chi connectivity index (χ1) is 11.3. The Morgan fingerprint density at radius 2 is 1.83 bits per heavy atom. The van der Waals surface area contributed by atoms with Gasteiger partial charge in [-0.25, -0.2) is 0 Å². The largest absolute Gasteiger partial charge is 0.497 e. The molecule has 0 amide bonds. The molecule has 4 rings (SSSR count). The van der Waals surface area contributed by atoms with Gasteiger partial charge in [-0.1, -0.05) is 47.6 Å². The minimum Gasteiger partial charge on any atom is -0.497 e. The van der Waals surface area contributed by atoms with Crippen molar-refractivity contribution in [1.82, 2.24) is 20.2 Å². The number of benzene rings is 2. The quantitative estimate of drug-likeness (QED) is 0.806. The molecule has 114 valence electrons. The molecule has 0 aliphatic carbocycles. The van der Waals surface area contributed by atoms with E-state index in [0.29, 0.717) is 5.95 Å². The van der Waals surface area contributed by atoms with Gasteiger partial charge in [-0.05, 0) is 39.8 Å². The fraction of sp³-hybridized carbons (Fsp3) is 0.118. The molecule has 0 saturated carbocycles. The lowest BCUT2D eigenvalue weighted by Gasteiger charge is -2.23. The molecule has 6 heteroatoms. The van der Waals surface area contributed by atoms with Crippen molar-refractivity contribution in [2.24, 2.45) is 0 Å². The number of hydrogen-bond acceptors (Lipinski definition) is 5. The van der Waals surface area contributed by atoms with Crippen molar-refractivity contribution in [3.05, 3.63) is 71.8 Å². The van der Waals surface area contributed by atoms with Crippen LogP contribution in [0.3, 0.4) is 0 Å². The van der Waals surface area contributed by atoms with Crippen molar-refractivity contribution >= 4 is 11.6 Å². The fourth-order valence-electron chi connectivity index (χ4n) is 2.68. The predicted molar refractivity (Wildman–Crippen MR) is 87.0 cm³/mol. The van der Waals surface area contributed by atoms with Crippen LogP contribution in [0.1, 0.15) is 17.2 Å². The lowest BCUT2D eigenvalue weighted by Crippen LogP contribution is -2.20. The zero-order chi connectivity index (χ0) is 15.6. The molecule has 0 saturated heterocycles. The zero-order valence-corrected chi connectivity index (χ0v) is 12.5. The average molecular weight is 305 g/mol. The number of ether oxygens (including phenoxy) is 1. The SMILES string of the molecule is COc1ccc([C@@H]2C=C(c3ccccc3)Nc3nnnn32)cc1. The normalized spacial score (nSPS) is 16.2. The summed E-state index contributed by atoms with van der Waals surface area (Å²) in [5.74, 6) is 1.46. The second kappa shape index (κ2) is 5.57. The Morgan fingerprint density at radius 3 is 2.57 bits per heavy atom. The maximum absolute atomic E-state index is 5.23. The van der Waals surface area contributed by atoms with E-state index in [1.54, 1.807) is 11.8 Å². The number of anilines is 1. The number of tetrazole rings is 1. The van der Waals surface area contributed by atoms with Gasteiger partial charge in [0.2, 0.25) is 5.95 Å². The van der Waals surface area contributed by atoms with E-state index in [2.05, 4.69) is 39.1 Å². The van der Waals surface area contributed by atoms with Gasteiger partial charge < -0.3 is 10.1 Å². The van der Waals surface area contributed by atoms with Crippen LogP contribution in [-0.4, -0.2) is 27.3 Å². The van der Waals surface area contributed by atoms with Crippen molar-refractivity contribution in [2.45, 2.75) is 6.04 Å². The first kappa shape index (κ1) is 13.5. The molecule has 1 aliphatic heterocycles. The molecule has 1 atom stereocenters. The van der Waals surface area contributed by atoms with Gasteiger partial charge in [0.1, 0.15) is 11.8 Å². The summed E-state index contributed by atoms with van der Waals surface area (Å²) in [7, 11) is 1.66. The second-order valence-corrected chi connectivity index (χ2v) is 5.24. The van der Waals surface area contributed by atoms with Crippen molar-refractivity contribution in [1.29, 1.82) is 0 Å². The van der Waals surface area contributed by atoms with Crippen molar-refractivity contribution in [3.63, 3.8) is 0 Å². The van der Waals surface area contributed by atoms with E-state index in [1.807, 2.05) is 42.5 Å². The van der Waals surface area contributed by atoms with Crippen LogP contribution in [0.4, 0.5) is 5.95 Å². The Kier molecular flexibility index (Phi) is 3.27. The van der Waals surface area contributed by atoms with Crippen LogP contribution in [0.5, 0.6) is 5.75 Å². The Hall–Kier alpha value is -3.15. The van der Waals surface area contributed by atoms with Crippen LogP contribution >= 0.6 is 0 Å². The van der Waals surface area contributed by atoms with Gasteiger partial charge in [0.05, 0.1) is 7.11 Å². The highest BCUT2D eigenvalue weighted by Crippen LogP contribution is 2.32. The van der Waals surface area contributed by atoms with Crippen LogP contribution < -0.4 is 10.1 Å². The molecule has 0 unspecified atom stereocenters. The Labute approximate surface area is 133 Å². The van der Waals surface area contributed by atoms with Gasteiger partial charge in [-0.3, -0.25) is 0 Å². The summed E-state index contributed by atoms with van der Waals surface area (Å²) in [5, 5.41) is 15.2. The molecule has 1 aromatic heterocycles. The molecule has 2 aromatic carbocycles. The van der Waals surface area contributed by atoms with Crippen molar-refractivity contribution < 1.29 is 4.74 Å². The van der Waals surface area contributed by atoms with Gasteiger partial charge in [0, 0.05) is 5.70 Å². The zero-order valence-electron chi connectivity index (χ0n) is 12.5. The number of allylic oxidation sites excluding steroid dienone is 1. The van der Waals surface area contributed by atoms with E-state index >= 15 is 0 Å². The third-order valence-electron chi connectivity index (χ3n) is 3.87. The van der Waals surface area contributed by atoms with Crippen LogP contribution in [-0.2, 0) is 0 Å². The standard InChI is InChI=1S/C17H15N5O/c1-23-14-9-7-13(8-10-14)16-11-15(12-5-3-2-4-6-12)18-17-19-20-21-22(16)17/h2-11,16H,1H3,(H,18,19,21)/t16-/m0/s1. The van der Waals surface area contributed by atoms with Gasteiger partial charge in [0.15, 0.2) is 0 Å². The van der Waals surface area contributed by atoms with Gasteiger partial charge in [-0.2, -0.15) is 4.68 Å². The smallest absolute Gasteiger partial charge is 0.248 e. The lowest BCUT2D eigenvalue weighted by atomic mass is 10.0. The highest BCUT2D eigenvalue weighted by Gasteiger charge is 2.24. The summed E-state index contributed by atoms with van der Waals surface area (Å²) in [4.78, 5) is 0. The molecule has 2 heterocycles. The molecule has 6 nitrogen and oxygen atoms in total. The predicted octanol–water partition coefficient (Wildman–Crippen LogP) is 2.74. The maximum atomic E-state index is 5.23. The molecule has 0 radical (unpaired) electrons. The number of aromatic nitrogens is 4. The summed E-state index contributed by atoms with van der Waals surface area (Å²) in [6.07, 6.45) is 2.13. The highest BCUT2D eigenvalue weighted by atomic mass is 16.5. The van der Waals surface area contributed by atoms with Crippen LogP contribution in [0.2, 0.25) is 0 Å². The van der Waals surface area contributed by atoms with Gasteiger partial charge >= 0.3 is 0 Å². The van der Waals surface area contributed by atoms with E-state index < -0.39 is 0 Å². The minimum atomic E-state index is -0.0673. The van der Waals surface area contributed by atoms with E-state index in [9.17, 15) is 0 Å². The van der Waals surface area contributed by atoms with Gasteiger partial charge in [-0.15, -0.1) is 0 Å². The molecule has 1 aliphatic rings. The monoisotopic (exact) mass is 305 g/mol. The number of nitrogens with zero attached hydrogens (tertiary/aromatic N) is 4. The first-order valence-electron chi connectivity index (χ1n) is 7.31. The summed E-state index contributed by atoms with van der Waals surface area (Å²) in [6, 6.07) is 18.0. The van der Waals surface area contributed by atoms with Crippen LogP contribution in [0.15, 0.2) is 60.7 Å². The van der Waals surface area contributed by atoms with Crippen molar-refractivity contribution in [2.75, 3.05) is 12.4 Å². The van der Waals surface area contributed by atoms with Crippen LogP contribution in [0, 0.1) is 0 Å². The third kappa shape index (κ3) is 2.44. The number of nitrogens with one attached hydrogen (secondary N) is 1. The third-order valence-corrected chi connectivity index (χ3v) is 3.87. The molecular weight excluding hydrogens is 290 g/mol. The van der Waals surface area contributed by atoms with E-state index in [-0.39, 0.29) is 6.04 Å². The van der Waals surface area contributed by atoms with E-state index in [1.165, 1.54) is 0 Å². The summed E-state index contributed by atoms with van der Waals surface area (Å²) >= 11 is 0. The van der Waals surface area contributed by atoms with Crippen molar-refractivity contribution in [3.8, 4) is 5.75 Å². The number of rotatable bonds is 3. The molecule has 0 bridgehead atoms. The molecule has 1 N–H and O–H groups in total. The Bertz CT molecular complexity index is 839. The summed E-state index contributed by atoms with van der Waals surface area (Å²) < 4.78 is 7.00. The molecular formula is C17H15N5O. The van der Waals surface area contributed by atoms with Crippen LogP contribution in [0.25, 0.3) is 5.70 Å². The van der Waals surface area contributed by atoms with Gasteiger partial charge in [0.25, 0.3) is 0 Å². The summed E-state index contributed by atoms with van der Waals surface area (Å²) in [5.41, 5.74) is 3.18. The molecule has 0 spiro atoms.